The number of hydrogen-bond donors (Lipinski definition) is 1. The predicted molar refractivity (Wildman–Crippen MR) is 108 cm³/mol. The van der Waals surface area contributed by atoms with Crippen LogP contribution in [0.3, 0.4) is 0 Å². The first-order valence-corrected chi connectivity index (χ1v) is 10.2. The molecule has 0 bridgehead atoms. The third kappa shape index (κ3) is 3.04. The molecule has 1 N–H and O–H groups in total. The van der Waals surface area contributed by atoms with Crippen molar-refractivity contribution in [3.8, 4) is 22.5 Å². The van der Waals surface area contributed by atoms with Crippen molar-refractivity contribution in [1.82, 2.24) is 20.0 Å². The summed E-state index contributed by atoms with van der Waals surface area (Å²) < 4.78 is 0. The van der Waals surface area contributed by atoms with E-state index in [2.05, 4.69) is 45.2 Å². The number of piperazine rings is 1. The first kappa shape index (κ1) is 16.9. The summed E-state index contributed by atoms with van der Waals surface area (Å²) in [6, 6.07) is 8.79. The maximum absolute atomic E-state index is 11.0. The van der Waals surface area contributed by atoms with E-state index in [0.717, 1.165) is 67.3 Å². The SMILES string of the molecule is CN1CCN(Cc2ccc3c(c2)-c2[nH]nc(-c4csc(C=O)c4)c2C3)CC1. The number of aldehydes is 1. The lowest BCUT2D eigenvalue weighted by Gasteiger charge is -2.32. The number of carbonyl (C=O) groups excluding carboxylic acids is 1. The van der Waals surface area contributed by atoms with Crippen molar-refractivity contribution in [2.24, 2.45) is 0 Å². The molecule has 0 unspecified atom stereocenters. The highest BCUT2D eigenvalue weighted by molar-refractivity contribution is 7.12. The van der Waals surface area contributed by atoms with Crippen LogP contribution in [0.15, 0.2) is 29.6 Å². The summed E-state index contributed by atoms with van der Waals surface area (Å²) in [5.74, 6) is 0. The quantitative estimate of drug-likeness (QED) is 0.554. The van der Waals surface area contributed by atoms with Crippen LogP contribution in [0.25, 0.3) is 22.5 Å². The number of hydrogen-bond acceptors (Lipinski definition) is 5. The molecule has 1 fully saturated rings. The Labute approximate surface area is 162 Å². The molecular weight excluding hydrogens is 356 g/mol. The molecule has 1 aliphatic carbocycles. The molecule has 27 heavy (non-hydrogen) atoms. The van der Waals surface area contributed by atoms with Crippen molar-refractivity contribution in [3.05, 3.63) is 51.2 Å². The lowest BCUT2D eigenvalue weighted by atomic mass is 10.0. The smallest absolute Gasteiger partial charge is 0.160 e. The molecule has 2 aromatic heterocycles. The van der Waals surface area contributed by atoms with Crippen LogP contribution < -0.4 is 0 Å². The van der Waals surface area contributed by atoms with Gasteiger partial charge in [0.2, 0.25) is 0 Å². The number of rotatable bonds is 4. The molecule has 138 valence electrons. The van der Waals surface area contributed by atoms with E-state index in [1.54, 1.807) is 0 Å². The summed E-state index contributed by atoms with van der Waals surface area (Å²) in [7, 11) is 2.19. The van der Waals surface area contributed by atoms with Crippen molar-refractivity contribution in [3.63, 3.8) is 0 Å². The first-order valence-electron chi connectivity index (χ1n) is 9.35. The molecule has 0 spiro atoms. The number of thiophene rings is 1. The minimum atomic E-state index is 0.742. The van der Waals surface area contributed by atoms with Crippen LogP contribution in [0.5, 0.6) is 0 Å². The lowest BCUT2D eigenvalue weighted by Crippen LogP contribution is -2.43. The third-order valence-corrected chi connectivity index (χ3v) is 6.55. The predicted octanol–water partition coefficient (Wildman–Crippen LogP) is 3.27. The van der Waals surface area contributed by atoms with Gasteiger partial charge in [0.15, 0.2) is 6.29 Å². The van der Waals surface area contributed by atoms with Crippen LogP contribution >= 0.6 is 11.3 Å². The van der Waals surface area contributed by atoms with E-state index < -0.39 is 0 Å². The molecule has 1 aromatic carbocycles. The number of likely N-dealkylation sites (N-methyl/N-ethyl adjacent to an activating group) is 1. The number of nitrogens with one attached hydrogen (secondary N) is 1. The molecule has 3 aromatic rings. The minimum Gasteiger partial charge on any atom is -0.304 e. The van der Waals surface area contributed by atoms with E-state index >= 15 is 0 Å². The van der Waals surface area contributed by atoms with Crippen molar-refractivity contribution in [1.29, 1.82) is 0 Å². The molecule has 0 radical (unpaired) electrons. The normalized spacial score (nSPS) is 17.1. The molecule has 5 rings (SSSR count). The number of nitrogens with zero attached hydrogens (tertiary/aromatic N) is 3. The number of fused-ring (bicyclic) bond motifs is 3. The van der Waals surface area contributed by atoms with Crippen LogP contribution in [0.4, 0.5) is 0 Å². The third-order valence-electron chi connectivity index (χ3n) is 5.69. The molecular formula is C21H22N4OS. The minimum absolute atomic E-state index is 0.742. The van der Waals surface area contributed by atoms with E-state index in [4.69, 9.17) is 0 Å². The van der Waals surface area contributed by atoms with Gasteiger partial charge in [-0.15, -0.1) is 11.3 Å². The lowest BCUT2D eigenvalue weighted by molar-refractivity contribution is 0.112. The maximum atomic E-state index is 11.0. The largest absolute Gasteiger partial charge is 0.304 e. The zero-order valence-corrected chi connectivity index (χ0v) is 16.2. The highest BCUT2D eigenvalue weighted by Gasteiger charge is 2.26. The average molecular weight is 379 g/mol. The number of aromatic amines is 1. The Morgan fingerprint density at radius 3 is 2.85 bits per heavy atom. The van der Waals surface area contributed by atoms with Gasteiger partial charge in [0, 0.05) is 61.2 Å². The van der Waals surface area contributed by atoms with Crippen molar-refractivity contribution < 1.29 is 4.79 Å². The van der Waals surface area contributed by atoms with Crippen LogP contribution in [0.1, 0.15) is 26.4 Å². The van der Waals surface area contributed by atoms with Crippen molar-refractivity contribution in [2.45, 2.75) is 13.0 Å². The average Bonchev–Trinajstić information content (AvgIpc) is 3.38. The second-order valence-electron chi connectivity index (χ2n) is 7.53. The topological polar surface area (TPSA) is 52.2 Å². The highest BCUT2D eigenvalue weighted by Crippen LogP contribution is 2.41. The summed E-state index contributed by atoms with van der Waals surface area (Å²) in [6.45, 7) is 5.55. The summed E-state index contributed by atoms with van der Waals surface area (Å²) in [5, 5.41) is 9.82. The van der Waals surface area contributed by atoms with E-state index in [9.17, 15) is 4.79 Å². The zero-order chi connectivity index (χ0) is 18.4. The fraction of sp³-hybridized carbons (Fsp3) is 0.333. The van der Waals surface area contributed by atoms with Crippen LogP contribution in [-0.4, -0.2) is 59.5 Å². The van der Waals surface area contributed by atoms with Gasteiger partial charge < -0.3 is 4.90 Å². The molecule has 1 saturated heterocycles. The standard InChI is InChI=1S/C21H22N4OS/c1-24-4-6-25(7-5-24)11-14-2-3-15-10-19-20(16-9-17(12-26)27-13-16)22-23-21(19)18(15)8-14/h2-3,8-9,12-13H,4-7,10-11H2,1H3,(H,22,23). The second kappa shape index (κ2) is 6.71. The van der Waals surface area contributed by atoms with Crippen LogP contribution in [-0.2, 0) is 13.0 Å². The molecule has 2 aliphatic rings. The Balaban J connectivity index is 1.42. The van der Waals surface area contributed by atoms with Gasteiger partial charge in [0.05, 0.1) is 16.3 Å². The maximum Gasteiger partial charge on any atom is 0.160 e. The van der Waals surface area contributed by atoms with Gasteiger partial charge in [-0.2, -0.15) is 5.10 Å². The van der Waals surface area contributed by atoms with Gasteiger partial charge in [-0.1, -0.05) is 12.1 Å². The summed E-state index contributed by atoms with van der Waals surface area (Å²) >= 11 is 1.47. The van der Waals surface area contributed by atoms with Gasteiger partial charge in [0.1, 0.15) is 0 Å². The first-order chi connectivity index (χ1) is 13.2. The summed E-state index contributed by atoms with van der Waals surface area (Å²) in [5.41, 5.74) is 8.39. The van der Waals surface area contributed by atoms with E-state index in [-0.39, 0.29) is 0 Å². The van der Waals surface area contributed by atoms with E-state index in [0.29, 0.717) is 0 Å². The van der Waals surface area contributed by atoms with Gasteiger partial charge in [-0.05, 0) is 30.3 Å². The molecule has 0 amide bonds. The van der Waals surface area contributed by atoms with Crippen molar-refractivity contribution >= 4 is 17.6 Å². The van der Waals surface area contributed by atoms with Crippen LogP contribution in [0.2, 0.25) is 0 Å². The zero-order valence-electron chi connectivity index (χ0n) is 15.4. The fourth-order valence-corrected chi connectivity index (χ4v) is 4.79. The Morgan fingerprint density at radius 2 is 2.07 bits per heavy atom. The van der Waals surface area contributed by atoms with Gasteiger partial charge in [-0.25, -0.2) is 0 Å². The number of carbonyl (C=O) groups is 1. The highest BCUT2D eigenvalue weighted by atomic mass is 32.1. The number of aromatic nitrogens is 2. The number of H-pyrrole nitrogens is 1. The van der Waals surface area contributed by atoms with Crippen molar-refractivity contribution in [2.75, 3.05) is 33.2 Å². The summed E-state index contributed by atoms with van der Waals surface area (Å²) in [6.07, 6.45) is 1.80. The second-order valence-corrected chi connectivity index (χ2v) is 8.47. The Hall–Kier alpha value is -2.28. The molecule has 1 aliphatic heterocycles. The molecule has 0 atom stereocenters. The molecule has 0 saturated carbocycles. The Morgan fingerprint density at radius 1 is 1.22 bits per heavy atom. The molecule has 3 heterocycles. The molecule has 5 nitrogen and oxygen atoms in total. The van der Waals surface area contributed by atoms with E-state index in [1.807, 2.05) is 11.4 Å². The summed E-state index contributed by atoms with van der Waals surface area (Å²) in [4.78, 5) is 16.7. The van der Waals surface area contributed by atoms with Gasteiger partial charge in [-0.3, -0.25) is 14.8 Å². The molecule has 6 heteroatoms. The van der Waals surface area contributed by atoms with E-state index in [1.165, 1.54) is 33.6 Å². The van der Waals surface area contributed by atoms with Gasteiger partial charge in [0.25, 0.3) is 0 Å². The van der Waals surface area contributed by atoms with Gasteiger partial charge >= 0.3 is 0 Å². The fourth-order valence-electron chi connectivity index (χ4n) is 4.10. The Kier molecular flexibility index (Phi) is 4.19. The van der Waals surface area contributed by atoms with Crippen LogP contribution in [0, 0.1) is 0 Å². The Bertz CT molecular complexity index is 998. The monoisotopic (exact) mass is 378 g/mol. The number of benzene rings is 1.